The minimum atomic E-state index is -1.07. The van der Waals surface area contributed by atoms with Gasteiger partial charge in [-0.25, -0.2) is 4.79 Å². The number of alkyl carbamates (subject to hydrolysis) is 1. The van der Waals surface area contributed by atoms with E-state index in [2.05, 4.69) is 10.6 Å². The third-order valence-electron chi connectivity index (χ3n) is 6.60. The van der Waals surface area contributed by atoms with Crippen LogP contribution in [0, 0.1) is 12.8 Å². The van der Waals surface area contributed by atoms with Crippen LogP contribution in [0.1, 0.15) is 77.5 Å². The number of aryl methyl sites for hydroxylation is 1. The fraction of sp³-hybridized carbons (Fsp3) is 0.500. The van der Waals surface area contributed by atoms with Crippen LogP contribution in [0.3, 0.4) is 0 Å². The molecule has 1 aliphatic carbocycles. The van der Waals surface area contributed by atoms with Crippen molar-refractivity contribution < 1.29 is 24.2 Å². The van der Waals surface area contributed by atoms with E-state index in [-0.39, 0.29) is 23.6 Å². The molecule has 3 rings (SSSR count). The number of para-hydroxylation sites is 1. The number of aromatic hydroxyl groups is 1. The zero-order valence-electron chi connectivity index (χ0n) is 23.6. The Morgan fingerprint density at radius 1 is 1.13 bits per heavy atom. The molecule has 0 spiro atoms. The topological polar surface area (TPSA) is 108 Å². The number of rotatable bonds is 9. The number of benzene rings is 2. The molecule has 0 bridgehead atoms. The van der Waals surface area contributed by atoms with Crippen LogP contribution in [0.25, 0.3) is 0 Å². The van der Waals surface area contributed by atoms with E-state index in [1.54, 1.807) is 49.9 Å². The summed E-state index contributed by atoms with van der Waals surface area (Å²) in [6.07, 6.45) is 2.03. The van der Waals surface area contributed by atoms with Crippen LogP contribution < -0.4 is 10.6 Å². The molecule has 2 unspecified atom stereocenters. The number of anilines is 1. The van der Waals surface area contributed by atoms with Gasteiger partial charge in [-0.3, -0.25) is 9.59 Å². The number of amides is 3. The SMILES string of the molecule is Cc1cccc(Cl)c1NC(=O)C(c1cccc(O)c1)N(C(=O)C(CC(C)C)NC(=O)OC(C)(C)C)C1CCC1. The van der Waals surface area contributed by atoms with E-state index in [4.69, 9.17) is 16.3 Å². The van der Waals surface area contributed by atoms with Crippen molar-refractivity contribution in [2.75, 3.05) is 5.32 Å². The van der Waals surface area contributed by atoms with Gasteiger partial charge in [0.25, 0.3) is 5.91 Å². The van der Waals surface area contributed by atoms with Gasteiger partial charge in [-0.1, -0.05) is 49.7 Å². The van der Waals surface area contributed by atoms with Gasteiger partial charge in [0.1, 0.15) is 23.4 Å². The van der Waals surface area contributed by atoms with E-state index in [0.29, 0.717) is 22.7 Å². The molecule has 0 aliphatic heterocycles. The maximum absolute atomic E-state index is 14.3. The molecule has 212 valence electrons. The first-order valence-electron chi connectivity index (χ1n) is 13.4. The van der Waals surface area contributed by atoms with E-state index >= 15 is 0 Å². The average molecular weight is 558 g/mol. The Hall–Kier alpha value is -3.26. The Morgan fingerprint density at radius 2 is 1.79 bits per heavy atom. The van der Waals surface area contributed by atoms with Gasteiger partial charge in [0.05, 0.1) is 10.7 Å². The summed E-state index contributed by atoms with van der Waals surface area (Å²) in [6.45, 7) is 11.0. The third-order valence-corrected chi connectivity index (χ3v) is 6.92. The highest BCUT2D eigenvalue weighted by atomic mass is 35.5. The van der Waals surface area contributed by atoms with Gasteiger partial charge in [-0.15, -0.1) is 0 Å². The number of ether oxygens (including phenoxy) is 1. The normalized spacial score (nSPS) is 15.2. The van der Waals surface area contributed by atoms with E-state index in [0.717, 1.165) is 24.8 Å². The van der Waals surface area contributed by atoms with Crippen LogP contribution in [0.4, 0.5) is 10.5 Å². The molecule has 39 heavy (non-hydrogen) atoms. The summed E-state index contributed by atoms with van der Waals surface area (Å²) >= 11 is 6.41. The van der Waals surface area contributed by atoms with Crippen molar-refractivity contribution in [2.24, 2.45) is 5.92 Å². The predicted octanol–water partition coefficient (Wildman–Crippen LogP) is 6.35. The minimum Gasteiger partial charge on any atom is -0.508 e. The smallest absolute Gasteiger partial charge is 0.408 e. The second-order valence-electron chi connectivity index (χ2n) is 11.6. The van der Waals surface area contributed by atoms with Gasteiger partial charge in [-0.2, -0.15) is 0 Å². The van der Waals surface area contributed by atoms with Crippen molar-refractivity contribution in [2.45, 2.75) is 91.0 Å². The molecular formula is C30H40ClN3O5. The summed E-state index contributed by atoms with van der Waals surface area (Å²) in [4.78, 5) is 42.6. The van der Waals surface area contributed by atoms with Crippen molar-refractivity contribution >= 4 is 35.2 Å². The largest absolute Gasteiger partial charge is 0.508 e. The Labute approximate surface area is 236 Å². The Morgan fingerprint density at radius 3 is 2.33 bits per heavy atom. The maximum Gasteiger partial charge on any atom is 0.408 e. The molecule has 8 nitrogen and oxygen atoms in total. The van der Waals surface area contributed by atoms with Crippen molar-refractivity contribution in [1.82, 2.24) is 10.2 Å². The van der Waals surface area contributed by atoms with Gasteiger partial charge in [0.2, 0.25) is 5.91 Å². The number of hydrogen-bond donors (Lipinski definition) is 3. The number of nitrogens with zero attached hydrogens (tertiary/aromatic N) is 1. The Bertz CT molecular complexity index is 1170. The Balaban J connectivity index is 2.05. The third kappa shape index (κ3) is 8.12. The summed E-state index contributed by atoms with van der Waals surface area (Å²) in [7, 11) is 0. The lowest BCUT2D eigenvalue weighted by Gasteiger charge is -2.43. The van der Waals surface area contributed by atoms with Gasteiger partial charge < -0.3 is 25.4 Å². The minimum absolute atomic E-state index is 0.0224. The fourth-order valence-corrected chi connectivity index (χ4v) is 4.89. The number of hydrogen-bond acceptors (Lipinski definition) is 5. The van der Waals surface area contributed by atoms with Crippen LogP contribution in [0.5, 0.6) is 5.75 Å². The van der Waals surface area contributed by atoms with Crippen LogP contribution in [0.15, 0.2) is 42.5 Å². The molecule has 0 radical (unpaired) electrons. The number of carbonyl (C=O) groups excluding carboxylic acids is 3. The lowest BCUT2D eigenvalue weighted by molar-refractivity contribution is -0.146. The number of phenols is 1. The molecule has 2 aromatic rings. The maximum atomic E-state index is 14.3. The average Bonchev–Trinajstić information content (AvgIpc) is 2.77. The standard InChI is InChI=1S/C30H40ClN3O5/c1-18(2)16-24(32-29(38)39-30(4,5)6)28(37)34(21-12-9-13-21)26(20-11-8-14-22(35)17-20)27(36)33-25-19(3)10-7-15-23(25)31/h7-8,10-11,14-15,17-18,21,24,26,35H,9,12-13,16H2,1-6H3,(H,32,38)(H,33,36). The van der Waals surface area contributed by atoms with Gasteiger partial charge in [-0.05, 0) is 88.6 Å². The molecule has 3 N–H and O–H groups in total. The molecule has 0 heterocycles. The second kappa shape index (κ2) is 12.7. The van der Waals surface area contributed by atoms with Gasteiger partial charge in [0.15, 0.2) is 0 Å². The molecule has 1 saturated carbocycles. The summed E-state index contributed by atoms with van der Waals surface area (Å²) in [6, 6.07) is 9.48. The van der Waals surface area contributed by atoms with Crippen molar-refractivity contribution in [3.8, 4) is 5.75 Å². The summed E-state index contributed by atoms with van der Waals surface area (Å²) in [5.41, 5.74) is 0.954. The first-order chi connectivity index (χ1) is 18.3. The van der Waals surface area contributed by atoms with Gasteiger partial charge in [0, 0.05) is 6.04 Å². The quantitative estimate of drug-likeness (QED) is 0.333. The molecule has 1 fully saturated rings. The molecule has 2 atom stereocenters. The van der Waals surface area contributed by atoms with E-state index in [9.17, 15) is 19.5 Å². The molecular weight excluding hydrogens is 518 g/mol. The van der Waals surface area contributed by atoms with Crippen molar-refractivity contribution in [3.63, 3.8) is 0 Å². The molecule has 9 heteroatoms. The van der Waals surface area contributed by atoms with E-state index in [1.165, 1.54) is 12.1 Å². The highest BCUT2D eigenvalue weighted by molar-refractivity contribution is 6.34. The molecule has 2 aromatic carbocycles. The number of nitrogens with one attached hydrogen (secondary N) is 2. The highest BCUT2D eigenvalue weighted by Crippen LogP contribution is 2.36. The Kier molecular flexibility index (Phi) is 9.88. The van der Waals surface area contributed by atoms with Crippen LogP contribution in [0.2, 0.25) is 5.02 Å². The summed E-state index contributed by atoms with van der Waals surface area (Å²) in [5, 5.41) is 16.3. The molecule has 0 saturated heterocycles. The summed E-state index contributed by atoms with van der Waals surface area (Å²) < 4.78 is 5.45. The predicted molar refractivity (Wildman–Crippen MR) is 153 cm³/mol. The zero-order valence-corrected chi connectivity index (χ0v) is 24.3. The van der Waals surface area contributed by atoms with Crippen LogP contribution in [-0.2, 0) is 14.3 Å². The number of phenolic OH excluding ortho intramolecular Hbond substituents is 1. The number of halogens is 1. The molecule has 3 amide bonds. The lowest BCUT2D eigenvalue weighted by Crippen LogP contribution is -2.57. The van der Waals surface area contributed by atoms with Crippen LogP contribution >= 0.6 is 11.6 Å². The highest BCUT2D eigenvalue weighted by Gasteiger charge is 2.42. The monoisotopic (exact) mass is 557 g/mol. The second-order valence-corrected chi connectivity index (χ2v) is 12.0. The molecule has 0 aromatic heterocycles. The zero-order chi connectivity index (χ0) is 28.9. The van der Waals surface area contributed by atoms with E-state index in [1.807, 2.05) is 26.8 Å². The fourth-order valence-electron chi connectivity index (χ4n) is 4.62. The summed E-state index contributed by atoms with van der Waals surface area (Å²) in [5.74, 6) is -0.780. The lowest BCUT2D eigenvalue weighted by atomic mass is 9.87. The molecule has 1 aliphatic rings. The van der Waals surface area contributed by atoms with Crippen LogP contribution in [-0.4, -0.2) is 45.6 Å². The van der Waals surface area contributed by atoms with Crippen molar-refractivity contribution in [3.05, 3.63) is 58.6 Å². The first kappa shape index (κ1) is 30.3. The first-order valence-corrected chi connectivity index (χ1v) is 13.8. The number of carbonyl (C=O) groups is 3. The van der Waals surface area contributed by atoms with Gasteiger partial charge >= 0.3 is 6.09 Å². The van der Waals surface area contributed by atoms with E-state index < -0.39 is 29.7 Å². The van der Waals surface area contributed by atoms with Crippen molar-refractivity contribution in [1.29, 1.82) is 0 Å².